The van der Waals surface area contributed by atoms with Gasteiger partial charge in [-0.3, -0.25) is 14.9 Å². The number of nitrogens with one attached hydrogen (secondary N) is 2. The first kappa shape index (κ1) is 20.6. The number of phenolic OH excluding ortho intramolecular Hbond substituents is 1. The van der Waals surface area contributed by atoms with Crippen LogP contribution in [0.15, 0.2) is 52.0 Å². The summed E-state index contributed by atoms with van der Waals surface area (Å²) in [6, 6.07) is 12.0. The number of hydrogen-bond donors (Lipinski definition) is 3. The Balaban J connectivity index is 1.54. The summed E-state index contributed by atoms with van der Waals surface area (Å²) in [7, 11) is 0. The average molecular weight is 474 g/mol. The molecule has 0 bridgehead atoms. The Bertz CT molecular complexity index is 1080. The average Bonchev–Trinajstić information content (AvgIpc) is 3.11. The van der Waals surface area contributed by atoms with Gasteiger partial charge in [-0.15, -0.1) is 10.2 Å². The molecule has 3 N–H and O–H groups in total. The van der Waals surface area contributed by atoms with Crippen molar-refractivity contribution in [3.05, 3.63) is 68.6 Å². The molecule has 0 saturated carbocycles. The Hall–Kier alpha value is -3.11. The molecule has 0 fully saturated rings. The summed E-state index contributed by atoms with van der Waals surface area (Å²) in [6.45, 7) is 1.90. The second-order valence-electron chi connectivity index (χ2n) is 6.00. The van der Waals surface area contributed by atoms with E-state index < -0.39 is 5.91 Å². The molecule has 3 rings (SSSR count). The molecule has 0 aliphatic carbocycles. The molecule has 1 heterocycles. The number of carbonyl (C=O) groups is 2. The molecule has 8 nitrogen and oxygen atoms in total. The number of aryl methyl sites for hydroxylation is 1. The van der Waals surface area contributed by atoms with Gasteiger partial charge in [0, 0.05) is 15.6 Å². The molecule has 0 aliphatic heterocycles. The summed E-state index contributed by atoms with van der Waals surface area (Å²) >= 11 is 4.40. The molecule has 0 atom stereocenters. The number of rotatable bonds is 6. The van der Waals surface area contributed by atoms with Crippen LogP contribution in [0.1, 0.15) is 26.5 Å². The Morgan fingerprint density at radius 1 is 1.24 bits per heavy atom. The van der Waals surface area contributed by atoms with Crippen LogP contribution in [-0.2, 0) is 11.2 Å². The molecule has 0 unspecified atom stereocenters. The van der Waals surface area contributed by atoms with Crippen LogP contribution in [0, 0.1) is 6.92 Å². The first-order valence-corrected chi connectivity index (χ1v) is 10.0. The van der Waals surface area contributed by atoms with Crippen molar-refractivity contribution in [3.63, 3.8) is 0 Å². The van der Waals surface area contributed by atoms with Gasteiger partial charge < -0.3 is 5.11 Å². The number of nitrogens with zero attached hydrogens (tertiary/aromatic N) is 3. The Kier molecular flexibility index (Phi) is 6.68. The fraction of sp³-hybridized carbons (Fsp3) is 0.105. The van der Waals surface area contributed by atoms with Gasteiger partial charge in [0.25, 0.3) is 5.91 Å². The SMILES string of the molecule is Cc1cccc(C(=O)Nc2nnc(CC(=O)NN=Cc3cc(Br)ccc3O)s2)c1. The molecule has 2 aromatic carbocycles. The first-order chi connectivity index (χ1) is 13.9. The van der Waals surface area contributed by atoms with Crippen LogP contribution in [0.25, 0.3) is 0 Å². The van der Waals surface area contributed by atoms with Crippen molar-refractivity contribution in [2.75, 3.05) is 5.32 Å². The second kappa shape index (κ2) is 9.39. The molecule has 2 amide bonds. The molecular weight excluding hydrogens is 458 g/mol. The van der Waals surface area contributed by atoms with Gasteiger partial charge in [0.2, 0.25) is 11.0 Å². The van der Waals surface area contributed by atoms with Crippen LogP contribution in [0.4, 0.5) is 5.13 Å². The molecule has 0 saturated heterocycles. The van der Waals surface area contributed by atoms with E-state index in [1.165, 1.54) is 12.3 Å². The van der Waals surface area contributed by atoms with Crippen molar-refractivity contribution in [3.8, 4) is 5.75 Å². The van der Waals surface area contributed by atoms with Crippen LogP contribution >= 0.6 is 27.3 Å². The minimum Gasteiger partial charge on any atom is -0.507 e. The third-order valence-electron chi connectivity index (χ3n) is 3.66. The molecular formula is C19H16BrN5O3S. The van der Waals surface area contributed by atoms with Crippen molar-refractivity contribution in [2.24, 2.45) is 5.10 Å². The first-order valence-electron chi connectivity index (χ1n) is 8.41. The van der Waals surface area contributed by atoms with E-state index in [2.05, 4.69) is 42.0 Å². The highest BCUT2D eigenvalue weighted by molar-refractivity contribution is 9.10. The van der Waals surface area contributed by atoms with E-state index >= 15 is 0 Å². The van der Waals surface area contributed by atoms with Crippen LogP contribution < -0.4 is 10.7 Å². The van der Waals surface area contributed by atoms with Gasteiger partial charge in [0.15, 0.2) is 0 Å². The number of hydrogen-bond acceptors (Lipinski definition) is 7. The van der Waals surface area contributed by atoms with E-state index in [-0.39, 0.29) is 18.1 Å². The molecule has 3 aromatic rings. The lowest BCUT2D eigenvalue weighted by Crippen LogP contribution is -2.19. The van der Waals surface area contributed by atoms with Crippen molar-refractivity contribution < 1.29 is 14.7 Å². The maximum Gasteiger partial charge on any atom is 0.257 e. The maximum absolute atomic E-state index is 12.2. The van der Waals surface area contributed by atoms with Crippen molar-refractivity contribution in [2.45, 2.75) is 13.3 Å². The third kappa shape index (κ3) is 5.93. The fourth-order valence-electron chi connectivity index (χ4n) is 2.31. The van der Waals surface area contributed by atoms with Gasteiger partial charge in [-0.25, -0.2) is 5.43 Å². The highest BCUT2D eigenvalue weighted by atomic mass is 79.9. The van der Waals surface area contributed by atoms with Crippen LogP contribution in [-0.4, -0.2) is 33.3 Å². The molecule has 0 aliphatic rings. The normalized spacial score (nSPS) is 10.8. The lowest BCUT2D eigenvalue weighted by Gasteiger charge is -2.01. The number of hydrazone groups is 1. The van der Waals surface area contributed by atoms with Crippen LogP contribution in [0.5, 0.6) is 5.75 Å². The molecule has 1 aromatic heterocycles. The van der Waals surface area contributed by atoms with E-state index in [0.29, 0.717) is 21.3 Å². The Morgan fingerprint density at radius 2 is 2.07 bits per heavy atom. The van der Waals surface area contributed by atoms with Gasteiger partial charge in [0.05, 0.1) is 12.6 Å². The molecule has 0 radical (unpaired) electrons. The largest absolute Gasteiger partial charge is 0.507 e. The number of anilines is 1. The fourth-order valence-corrected chi connectivity index (χ4v) is 3.42. The van der Waals surface area contributed by atoms with Gasteiger partial charge in [0.1, 0.15) is 10.8 Å². The zero-order valence-electron chi connectivity index (χ0n) is 15.2. The van der Waals surface area contributed by atoms with Gasteiger partial charge in [-0.05, 0) is 37.3 Å². The predicted octanol–water partition coefficient (Wildman–Crippen LogP) is 3.26. The summed E-state index contributed by atoms with van der Waals surface area (Å²) in [4.78, 5) is 24.2. The van der Waals surface area contributed by atoms with Crippen LogP contribution in [0.2, 0.25) is 0 Å². The molecule has 10 heteroatoms. The lowest BCUT2D eigenvalue weighted by atomic mass is 10.1. The monoisotopic (exact) mass is 473 g/mol. The number of halogens is 1. The number of benzene rings is 2. The maximum atomic E-state index is 12.2. The quantitative estimate of drug-likeness (QED) is 0.375. The van der Waals surface area contributed by atoms with Crippen LogP contribution in [0.3, 0.4) is 0 Å². The lowest BCUT2D eigenvalue weighted by molar-refractivity contribution is -0.120. The summed E-state index contributed by atoms with van der Waals surface area (Å²) in [5.41, 5.74) is 4.31. The van der Waals surface area contributed by atoms with Gasteiger partial charge >= 0.3 is 0 Å². The highest BCUT2D eigenvalue weighted by Gasteiger charge is 2.12. The zero-order chi connectivity index (χ0) is 20.8. The number of amides is 2. The topological polar surface area (TPSA) is 117 Å². The van der Waals surface area contributed by atoms with E-state index in [0.717, 1.165) is 21.4 Å². The van der Waals surface area contributed by atoms with Crippen molar-refractivity contribution in [1.29, 1.82) is 0 Å². The van der Waals surface area contributed by atoms with E-state index in [9.17, 15) is 14.7 Å². The van der Waals surface area contributed by atoms with Gasteiger partial charge in [-0.1, -0.05) is 45.0 Å². The summed E-state index contributed by atoms with van der Waals surface area (Å²) in [6.07, 6.45) is 1.30. The summed E-state index contributed by atoms with van der Waals surface area (Å²) in [5, 5.41) is 24.8. The summed E-state index contributed by atoms with van der Waals surface area (Å²) < 4.78 is 0.775. The number of phenols is 1. The third-order valence-corrected chi connectivity index (χ3v) is 4.99. The molecule has 29 heavy (non-hydrogen) atoms. The highest BCUT2D eigenvalue weighted by Crippen LogP contribution is 2.20. The Labute approximate surface area is 178 Å². The predicted molar refractivity (Wildman–Crippen MR) is 114 cm³/mol. The minimum atomic E-state index is -0.400. The minimum absolute atomic E-state index is 0.0419. The van der Waals surface area contributed by atoms with E-state index in [4.69, 9.17) is 0 Å². The van der Waals surface area contributed by atoms with Crippen molar-refractivity contribution >= 4 is 50.4 Å². The molecule has 0 spiro atoms. The standard InChI is InChI=1S/C19H16BrN5O3S/c1-11-3-2-4-12(7-11)18(28)22-19-25-24-17(29-19)9-16(27)23-21-10-13-8-14(20)5-6-15(13)26/h2-8,10,26H,9H2,1H3,(H,23,27)(H,22,25,28). The number of aromatic nitrogens is 2. The Morgan fingerprint density at radius 3 is 2.86 bits per heavy atom. The second-order valence-corrected chi connectivity index (χ2v) is 7.98. The van der Waals surface area contributed by atoms with Gasteiger partial charge in [-0.2, -0.15) is 5.10 Å². The smallest absolute Gasteiger partial charge is 0.257 e. The summed E-state index contributed by atoms with van der Waals surface area (Å²) in [5.74, 6) is -0.646. The van der Waals surface area contributed by atoms with E-state index in [1.54, 1.807) is 30.3 Å². The number of carbonyl (C=O) groups excluding carboxylic acids is 2. The molecule has 148 valence electrons. The van der Waals surface area contributed by atoms with E-state index in [1.807, 2.05) is 13.0 Å². The van der Waals surface area contributed by atoms with Crippen molar-refractivity contribution in [1.82, 2.24) is 15.6 Å². The number of aromatic hydroxyl groups is 1. The zero-order valence-corrected chi connectivity index (χ0v) is 17.6.